The number of para-hydroxylation sites is 1. The first-order valence-electron chi connectivity index (χ1n) is 15.9. The Kier molecular flexibility index (Phi) is 6.95. The highest BCUT2D eigenvalue weighted by molar-refractivity contribution is 6.10. The lowest BCUT2D eigenvalue weighted by atomic mass is 9.88. The van der Waals surface area contributed by atoms with Crippen LogP contribution in [0, 0.1) is 6.33 Å². The van der Waals surface area contributed by atoms with Crippen LogP contribution in [0.25, 0.3) is 50.1 Å². The second-order valence-electron chi connectivity index (χ2n) is 12.8. The number of pyridine rings is 1. The zero-order valence-electron chi connectivity index (χ0n) is 26.6. The van der Waals surface area contributed by atoms with Crippen LogP contribution in [-0.4, -0.2) is 14.1 Å². The number of hydrogen-bond donors (Lipinski definition) is 0. The summed E-state index contributed by atoms with van der Waals surface area (Å²) in [5.41, 5.74) is 7.73. The standard InChI is InChI=1S/C42H34N4O/c1-42(2,3)32-21-22-43-41(26-32)46-39-25-31(30-11-6-4-7-12-30)17-19-37(39)38-20-18-36(28-40(38)46)47-35-16-10-15-34(27-35)45-24-23-44(29-45)33-13-8-5-9-14-33/h4-28H,1-3H3. The topological polar surface area (TPSA) is 35.9 Å². The number of nitrogens with zero attached hydrogens (tertiary/aromatic N) is 4. The van der Waals surface area contributed by atoms with E-state index in [2.05, 4.69) is 123 Å². The Bertz CT molecular complexity index is 2360. The minimum absolute atomic E-state index is 0.0115. The molecule has 0 radical (unpaired) electrons. The lowest BCUT2D eigenvalue weighted by Gasteiger charge is -2.20. The third kappa shape index (κ3) is 5.46. The first-order chi connectivity index (χ1) is 22.9. The van der Waals surface area contributed by atoms with Gasteiger partial charge in [-0.1, -0.05) is 87.5 Å². The van der Waals surface area contributed by atoms with Gasteiger partial charge in [-0.2, -0.15) is 0 Å². The zero-order valence-corrected chi connectivity index (χ0v) is 26.6. The number of hydrogen-bond acceptors (Lipinski definition) is 2. The van der Waals surface area contributed by atoms with Gasteiger partial charge < -0.3 is 4.74 Å². The van der Waals surface area contributed by atoms with Gasteiger partial charge >= 0.3 is 0 Å². The molecule has 228 valence electrons. The van der Waals surface area contributed by atoms with Crippen LogP contribution in [-0.2, 0) is 5.41 Å². The van der Waals surface area contributed by atoms with Crippen molar-refractivity contribution < 1.29 is 9.30 Å². The van der Waals surface area contributed by atoms with Crippen LogP contribution in [0.3, 0.4) is 0 Å². The summed E-state index contributed by atoms with van der Waals surface area (Å²) in [7, 11) is 0. The van der Waals surface area contributed by atoms with Gasteiger partial charge in [0.1, 0.15) is 17.3 Å². The Balaban J connectivity index is 1.22. The fraction of sp³-hybridized carbons (Fsp3) is 0.0952. The maximum absolute atomic E-state index is 6.53. The first-order valence-corrected chi connectivity index (χ1v) is 15.9. The van der Waals surface area contributed by atoms with Crippen molar-refractivity contribution in [2.24, 2.45) is 0 Å². The van der Waals surface area contributed by atoms with E-state index in [4.69, 9.17) is 9.72 Å². The van der Waals surface area contributed by atoms with Crippen molar-refractivity contribution in [3.8, 4) is 39.8 Å². The molecule has 5 heteroatoms. The minimum atomic E-state index is -0.0115. The maximum atomic E-state index is 6.53. The summed E-state index contributed by atoms with van der Waals surface area (Å²) in [5.74, 6) is 2.39. The summed E-state index contributed by atoms with van der Waals surface area (Å²) in [6.07, 6.45) is 9.32. The van der Waals surface area contributed by atoms with Crippen LogP contribution < -0.4 is 9.30 Å². The predicted molar refractivity (Wildman–Crippen MR) is 189 cm³/mol. The van der Waals surface area contributed by atoms with Gasteiger partial charge in [0.2, 0.25) is 0 Å². The van der Waals surface area contributed by atoms with Crippen LogP contribution in [0.15, 0.2) is 152 Å². The fourth-order valence-electron chi connectivity index (χ4n) is 6.15. The molecule has 5 aromatic carbocycles. The van der Waals surface area contributed by atoms with Crippen molar-refractivity contribution in [3.05, 3.63) is 164 Å². The van der Waals surface area contributed by atoms with E-state index in [-0.39, 0.29) is 5.41 Å². The number of fused-ring (bicyclic) bond motifs is 3. The monoisotopic (exact) mass is 610 g/mol. The van der Waals surface area contributed by atoms with Gasteiger partial charge in [0, 0.05) is 35.4 Å². The van der Waals surface area contributed by atoms with Crippen LogP contribution in [0.2, 0.25) is 0 Å². The molecule has 0 unspecified atom stereocenters. The smallest absolute Gasteiger partial charge is 0.268 e. The van der Waals surface area contributed by atoms with Crippen molar-refractivity contribution in [2.45, 2.75) is 26.2 Å². The van der Waals surface area contributed by atoms with Crippen LogP contribution >= 0.6 is 0 Å². The molecule has 3 heterocycles. The van der Waals surface area contributed by atoms with Gasteiger partial charge in [-0.25, -0.2) is 4.98 Å². The van der Waals surface area contributed by atoms with Gasteiger partial charge in [-0.15, -0.1) is 0 Å². The zero-order chi connectivity index (χ0) is 32.0. The molecule has 0 spiro atoms. The Morgan fingerprint density at radius 1 is 0.660 bits per heavy atom. The third-order valence-electron chi connectivity index (χ3n) is 8.63. The molecule has 0 aliphatic carbocycles. The summed E-state index contributed by atoms with van der Waals surface area (Å²) in [6.45, 7) is 6.70. The normalized spacial score (nSPS) is 11.7. The van der Waals surface area contributed by atoms with E-state index >= 15 is 0 Å². The molecule has 0 aliphatic heterocycles. The molecule has 0 aliphatic rings. The Morgan fingerprint density at radius 2 is 1.38 bits per heavy atom. The molecule has 0 saturated carbocycles. The quantitative estimate of drug-likeness (QED) is 0.139. The van der Waals surface area contributed by atoms with Gasteiger partial charge in [-0.3, -0.25) is 13.7 Å². The second-order valence-corrected chi connectivity index (χ2v) is 12.8. The van der Waals surface area contributed by atoms with Crippen molar-refractivity contribution in [2.75, 3.05) is 0 Å². The molecule has 0 saturated heterocycles. The van der Waals surface area contributed by atoms with Crippen molar-refractivity contribution in [1.82, 2.24) is 14.1 Å². The average molecular weight is 611 g/mol. The number of ether oxygens (including phenoxy) is 1. The molecule has 0 fully saturated rings. The van der Waals surface area contributed by atoms with E-state index in [1.807, 2.05) is 70.2 Å². The second kappa shape index (κ2) is 11.5. The molecule has 47 heavy (non-hydrogen) atoms. The van der Waals surface area contributed by atoms with Crippen LogP contribution in [0.1, 0.15) is 26.3 Å². The largest absolute Gasteiger partial charge is 0.458 e. The molecule has 3 aromatic heterocycles. The van der Waals surface area contributed by atoms with E-state index in [1.165, 1.54) is 16.5 Å². The number of imidazole rings is 1. The molecule has 8 rings (SSSR count). The first kappa shape index (κ1) is 28.5. The molecule has 8 aromatic rings. The van der Waals surface area contributed by atoms with E-state index in [9.17, 15) is 0 Å². The maximum Gasteiger partial charge on any atom is 0.268 e. The highest BCUT2D eigenvalue weighted by atomic mass is 16.5. The minimum Gasteiger partial charge on any atom is -0.458 e. The van der Waals surface area contributed by atoms with Crippen molar-refractivity contribution >= 4 is 21.8 Å². The Labute approximate surface area is 274 Å². The lowest BCUT2D eigenvalue weighted by molar-refractivity contribution is -0.599. The van der Waals surface area contributed by atoms with E-state index in [1.54, 1.807) is 0 Å². The summed E-state index contributed by atoms with van der Waals surface area (Å²) in [6, 6.07) is 46.1. The van der Waals surface area contributed by atoms with Crippen LogP contribution in [0.5, 0.6) is 11.5 Å². The molecular weight excluding hydrogens is 576 g/mol. The summed E-state index contributed by atoms with van der Waals surface area (Å²) in [4.78, 5) is 4.89. The third-order valence-corrected chi connectivity index (χ3v) is 8.63. The molecule has 0 amide bonds. The number of rotatable bonds is 6. The molecule has 5 nitrogen and oxygen atoms in total. The van der Waals surface area contributed by atoms with E-state index in [0.717, 1.165) is 50.7 Å². The summed E-state index contributed by atoms with van der Waals surface area (Å²) in [5, 5.41) is 2.32. The Hall–Kier alpha value is -5.94. The predicted octanol–water partition coefficient (Wildman–Crippen LogP) is 9.80. The highest BCUT2D eigenvalue weighted by Gasteiger charge is 2.19. The lowest BCUT2D eigenvalue weighted by Crippen LogP contribution is -2.27. The average Bonchev–Trinajstić information content (AvgIpc) is 3.72. The van der Waals surface area contributed by atoms with Crippen molar-refractivity contribution in [1.29, 1.82) is 0 Å². The van der Waals surface area contributed by atoms with Gasteiger partial charge in [-0.05, 0) is 82.8 Å². The SMILES string of the molecule is CC(C)(C)c1ccnc(-n2c3cc(Oc4cccc(-n5[c-][n+](-c6ccccc6)cc5)c4)ccc3c3ccc(-c4ccccc4)cc32)c1. The van der Waals surface area contributed by atoms with E-state index in [0.29, 0.717) is 0 Å². The summed E-state index contributed by atoms with van der Waals surface area (Å²) < 4.78 is 12.8. The number of aromatic nitrogens is 4. The van der Waals surface area contributed by atoms with Crippen molar-refractivity contribution in [3.63, 3.8) is 0 Å². The van der Waals surface area contributed by atoms with Crippen LogP contribution in [0.4, 0.5) is 0 Å². The fourth-order valence-corrected chi connectivity index (χ4v) is 6.15. The molecular formula is C42H34N4O. The summed E-state index contributed by atoms with van der Waals surface area (Å²) >= 11 is 0. The van der Waals surface area contributed by atoms with Gasteiger partial charge in [0.25, 0.3) is 6.33 Å². The van der Waals surface area contributed by atoms with E-state index < -0.39 is 0 Å². The highest BCUT2D eigenvalue weighted by Crippen LogP contribution is 2.37. The molecule has 0 atom stereocenters. The molecule has 0 bridgehead atoms. The Morgan fingerprint density at radius 3 is 2.17 bits per heavy atom. The molecule has 0 N–H and O–H groups in total. The number of benzene rings is 5. The van der Waals surface area contributed by atoms with Gasteiger partial charge in [0.15, 0.2) is 0 Å². The van der Waals surface area contributed by atoms with Gasteiger partial charge in [0.05, 0.1) is 22.4 Å².